The standard InChI is InChI=1S/C21H27ClN4O2/c1-15(2)11-20(27)25-9-7-18(8-10-25)24-21(28)17-12-23-26(14-17)13-16-5-3-4-6-19(16)22/h3-6,12,14-15,18H,7-11,13H2,1-2H3,(H,24,28). The third kappa shape index (κ3) is 5.35. The van der Waals surface area contributed by atoms with Crippen molar-refractivity contribution in [2.45, 2.75) is 45.7 Å². The van der Waals surface area contributed by atoms with E-state index in [0.717, 1.165) is 18.4 Å². The number of hydrogen-bond donors (Lipinski definition) is 1. The van der Waals surface area contributed by atoms with Crippen LogP contribution in [-0.4, -0.2) is 45.6 Å². The number of likely N-dealkylation sites (tertiary alicyclic amines) is 1. The maximum atomic E-state index is 12.5. The smallest absolute Gasteiger partial charge is 0.254 e. The number of aromatic nitrogens is 2. The van der Waals surface area contributed by atoms with E-state index in [1.165, 1.54) is 0 Å². The second-order valence-corrected chi connectivity index (χ2v) is 8.15. The second kappa shape index (κ2) is 9.24. The average molecular weight is 403 g/mol. The van der Waals surface area contributed by atoms with Crippen molar-refractivity contribution in [3.05, 3.63) is 52.8 Å². The first-order chi connectivity index (χ1) is 13.4. The van der Waals surface area contributed by atoms with E-state index in [1.54, 1.807) is 17.1 Å². The first-order valence-corrected chi connectivity index (χ1v) is 10.1. The van der Waals surface area contributed by atoms with Gasteiger partial charge in [-0.1, -0.05) is 43.6 Å². The van der Waals surface area contributed by atoms with Crippen molar-refractivity contribution in [3.63, 3.8) is 0 Å². The Kier molecular flexibility index (Phi) is 6.73. The first kappa shape index (κ1) is 20.4. The number of rotatable bonds is 6. The van der Waals surface area contributed by atoms with Crippen LogP contribution in [0.15, 0.2) is 36.7 Å². The van der Waals surface area contributed by atoms with Gasteiger partial charge in [-0.3, -0.25) is 14.3 Å². The van der Waals surface area contributed by atoms with Crippen LogP contribution in [0.4, 0.5) is 0 Å². The predicted octanol–water partition coefficient (Wildman–Crippen LogP) is 3.35. The van der Waals surface area contributed by atoms with E-state index in [-0.39, 0.29) is 17.9 Å². The lowest BCUT2D eigenvalue weighted by Crippen LogP contribution is -2.46. The van der Waals surface area contributed by atoms with Gasteiger partial charge in [0.05, 0.1) is 18.3 Å². The molecule has 3 rings (SSSR count). The van der Waals surface area contributed by atoms with E-state index < -0.39 is 0 Å². The number of nitrogens with one attached hydrogen (secondary N) is 1. The molecule has 1 fully saturated rings. The van der Waals surface area contributed by atoms with Crippen LogP contribution in [0.5, 0.6) is 0 Å². The third-order valence-electron chi connectivity index (χ3n) is 4.95. The topological polar surface area (TPSA) is 67.2 Å². The van der Waals surface area contributed by atoms with Crippen LogP contribution in [0.2, 0.25) is 5.02 Å². The molecule has 0 bridgehead atoms. The average Bonchev–Trinajstić information content (AvgIpc) is 3.12. The van der Waals surface area contributed by atoms with E-state index in [0.29, 0.717) is 42.6 Å². The van der Waals surface area contributed by atoms with Gasteiger partial charge in [-0.2, -0.15) is 5.10 Å². The minimum absolute atomic E-state index is 0.0857. The molecular formula is C21H27ClN4O2. The number of nitrogens with zero attached hydrogens (tertiary/aromatic N) is 3. The van der Waals surface area contributed by atoms with Crippen molar-refractivity contribution >= 4 is 23.4 Å². The van der Waals surface area contributed by atoms with Crippen LogP contribution in [0.3, 0.4) is 0 Å². The summed E-state index contributed by atoms with van der Waals surface area (Å²) in [5.74, 6) is 0.449. The molecule has 2 aromatic rings. The number of piperidine rings is 1. The Morgan fingerprint density at radius 2 is 1.96 bits per heavy atom. The maximum Gasteiger partial charge on any atom is 0.254 e. The lowest BCUT2D eigenvalue weighted by atomic mass is 10.0. The molecule has 0 aliphatic carbocycles. The summed E-state index contributed by atoms with van der Waals surface area (Å²) in [6, 6.07) is 7.68. The molecular weight excluding hydrogens is 376 g/mol. The van der Waals surface area contributed by atoms with Crippen molar-refractivity contribution in [2.24, 2.45) is 5.92 Å². The van der Waals surface area contributed by atoms with E-state index in [1.807, 2.05) is 29.2 Å². The van der Waals surface area contributed by atoms with Crippen molar-refractivity contribution in [1.82, 2.24) is 20.0 Å². The molecule has 1 saturated heterocycles. The molecule has 1 aliphatic rings. The largest absolute Gasteiger partial charge is 0.349 e. The molecule has 1 aromatic carbocycles. The molecule has 6 nitrogen and oxygen atoms in total. The summed E-state index contributed by atoms with van der Waals surface area (Å²) in [5.41, 5.74) is 1.49. The molecule has 0 radical (unpaired) electrons. The van der Waals surface area contributed by atoms with Crippen LogP contribution < -0.4 is 5.32 Å². The number of halogens is 1. The van der Waals surface area contributed by atoms with Crippen LogP contribution in [0.1, 0.15) is 49.0 Å². The molecule has 2 heterocycles. The number of carbonyl (C=O) groups excluding carboxylic acids is 2. The molecule has 7 heteroatoms. The number of carbonyl (C=O) groups is 2. The van der Waals surface area contributed by atoms with E-state index in [2.05, 4.69) is 24.3 Å². The normalized spacial score (nSPS) is 15.1. The Morgan fingerprint density at radius 3 is 2.64 bits per heavy atom. The van der Waals surface area contributed by atoms with Crippen molar-refractivity contribution < 1.29 is 9.59 Å². The fraction of sp³-hybridized carbons (Fsp3) is 0.476. The number of hydrogen-bond acceptors (Lipinski definition) is 3. The maximum absolute atomic E-state index is 12.5. The molecule has 28 heavy (non-hydrogen) atoms. The van der Waals surface area contributed by atoms with Crippen LogP contribution in [0.25, 0.3) is 0 Å². The quantitative estimate of drug-likeness (QED) is 0.805. The predicted molar refractivity (Wildman–Crippen MR) is 109 cm³/mol. The fourth-order valence-electron chi connectivity index (χ4n) is 3.39. The summed E-state index contributed by atoms with van der Waals surface area (Å²) >= 11 is 6.19. The highest BCUT2D eigenvalue weighted by molar-refractivity contribution is 6.31. The highest BCUT2D eigenvalue weighted by atomic mass is 35.5. The fourth-order valence-corrected chi connectivity index (χ4v) is 3.58. The summed E-state index contributed by atoms with van der Waals surface area (Å²) in [6.07, 6.45) is 5.46. The van der Waals surface area contributed by atoms with Gasteiger partial charge in [0.2, 0.25) is 5.91 Å². The van der Waals surface area contributed by atoms with Gasteiger partial charge in [0.15, 0.2) is 0 Å². The van der Waals surface area contributed by atoms with E-state index in [9.17, 15) is 9.59 Å². The van der Waals surface area contributed by atoms with Gasteiger partial charge in [-0.25, -0.2) is 0 Å². The summed E-state index contributed by atoms with van der Waals surface area (Å²) in [6.45, 7) is 6.02. The lowest BCUT2D eigenvalue weighted by Gasteiger charge is -2.32. The van der Waals surface area contributed by atoms with Gasteiger partial charge in [0.25, 0.3) is 5.91 Å². The van der Waals surface area contributed by atoms with Crippen molar-refractivity contribution in [1.29, 1.82) is 0 Å². The minimum Gasteiger partial charge on any atom is -0.349 e. The zero-order chi connectivity index (χ0) is 20.1. The van der Waals surface area contributed by atoms with Gasteiger partial charge in [0, 0.05) is 36.8 Å². The van der Waals surface area contributed by atoms with Gasteiger partial charge in [0.1, 0.15) is 0 Å². The molecule has 0 saturated carbocycles. The summed E-state index contributed by atoms with van der Waals surface area (Å²) in [7, 11) is 0. The summed E-state index contributed by atoms with van der Waals surface area (Å²) in [5, 5.41) is 8.02. The lowest BCUT2D eigenvalue weighted by molar-refractivity contribution is -0.133. The first-order valence-electron chi connectivity index (χ1n) is 9.77. The van der Waals surface area contributed by atoms with Crippen molar-refractivity contribution in [2.75, 3.05) is 13.1 Å². The molecule has 1 N–H and O–H groups in total. The Bertz CT molecular complexity index is 825. The van der Waals surface area contributed by atoms with Crippen LogP contribution >= 0.6 is 11.6 Å². The van der Waals surface area contributed by atoms with E-state index in [4.69, 9.17) is 11.6 Å². The van der Waals surface area contributed by atoms with E-state index >= 15 is 0 Å². The number of amides is 2. The van der Waals surface area contributed by atoms with Gasteiger partial charge >= 0.3 is 0 Å². The van der Waals surface area contributed by atoms with Crippen LogP contribution in [0, 0.1) is 5.92 Å². The molecule has 1 aromatic heterocycles. The molecule has 0 spiro atoms. The van der Waals surface area contributed by atoms with Gasteiger partial charge < -0.3 is 10.2 Å². The van der Waals surface area contributed by atoms with Crippen molar-refractivity contribution in [3.8, 4) is 0 Å². The Hall–Kier alpha value is -2.34. The van der Waals surface area contributed by atoms with Gasteiger partial charge in [-0.15, -0.1) is 0 Å². The minimum atomic E-state index is -0.127. The number of benzene rings is 1. The van der Waals surface area contributed by atoms with Crippen LogP contribution in [-0.2, 0) is 11.3 Å². The highest BCUT2D eigenvalue weighted by Crippen LogP contribution is 2.17. The van der Waals surface area contributed by atoms with Gasteiger partial charge in [-0.05, 0) is 30.4 Å². The zero-order valence-electron chi connectivity index (χ0n) is 16.4. The second-order valence-electron chi connectivity index (χ2n) is 7.74. The Labute approximate surface area is 170 Å². The highest BCUT2D eigenvalue weighted by Gasteiger charge is 2.24. The Morgan fingerprint density at radius 1 is 1.25 bits per heavy atom. The molecule has 150 valence electrons. The third-order valence-corrected chi connectivity index (χ3v) is 5.32. The summed E-state index contributed by atoms with van der Waals surface area (Å²) < 4.78 is 1.71. The molecule has 2 amide bonds. The zero-order valence-corrected chi connectivity index (χ0v) is 17.2. The molecule has 0 atom stereocenters. The SMILES string of the molecule is CC(C)CC(=O)N1CCC(NC(=O)c2cnn(Cc3ccccc3Cl)c2)CC1. The molecule has 1 aliphatic heterocycles. The Balaban J connectivity index is 1.50. The summed E-state index contributed by atoms with van der Waals surface area (Å²) in [4.78, 5) is 26.6. The molecule has 0 unspecified atom stereocenters. The monoisotopic (exact) mass is 402 g/mol.